The van der Waals surface area contributed by atoms with Crippen LogP contribution in [0.25, 0.3) is 0 Å². The Kier molecular flexibility index (Phi) is 7.56. The van der Waals surface area contributed by atoms with Gasteiger partial charge in [0.15, 0.2) is 0 Å². The molecule has 0 N–H and O–H groups in total. The van der Waals surface area contributed by atoms with Crippen molar-refractivity contribution in [2.75, 3.05) is 13.1 Å². The smallest absolute Gasteiger partial charge is 0.101 e. The molecule has 1 aliphatic rings. The maximum Gasteiger partial charge on any atom is 0.101 e. The second-order valence-electron chi connectivity index (χ2n) is 4.13. The van der Waals surface area contributed by atoms with Crippen molar-refractivity contribution in [2.24, 2.45) is 0 Å². The predicted octanol–water partition coefficient (Wildman–Crippen LogP) is 3.77. The minimum Gasteiger partial charge on any atom is -0.374 e. The summed E-state index contributed by atoms with van der Waals surface area (Å²) in [5.41, 5.74) is 3.08. The zero-order chi connectivity index (χ0) is 14.1. The summed E-state index contributed by atoms with van der Waals surface area (Å²) in [7, 11) is 0. The van der Waals surface area contributed by atoms with Gasteiger partial charge in [0.2, 0.25) is 0 Å². The standard InChI is InChI=1S/C13H17N3.C2H6/c1-10(8-14)11(2)13(9-15)12(3)16-6-4-5-7-16;1-2/h4-7H2,1-3H3;1-2H3/b11-10+,13-12+;. The highest BCUT2D eigenvalue weighted by Gasteiger charge is 2.16. The first-order valence-electron chi connectivity index (χ1n) is 6.55. The molecule has 18 heavy (non-hydrogen) atoms. The van der Waals surface area contributed by atoms with Gasteiger partial charge in [-0.1, -0.05) is 13.8 Å². The number of hydrogen-bond donors (Lipinski definition) is 0. The molecular formula is C15H23N3. The van der Waals surface area contributed by atoms with E-state index in [2.05, 4.69) is 17.0 Å². The van der Waals surface area contributed by atoms with Crippen LogP contribution in [-0.2, 0) is 0 Å². The molecule has 1 aliphatic heterocycles. The van der Waals surface area contributed by atoms with E-state index in [4.69, 9.17) is 5.26 Å². The van der Waals surface area contributed by atoms with E-state index in [1.54, 1.807) is 6.92 Å². The van der Waals surface area contributed by atoms with Gasteiger partial charge in [0, 0.05) is 24.4 Å². The molecule has 0 radical (unpaired) electrons. The molecule has 0 aromatic carbocycles. The van der Waals surface area contributed by atoms with E-state index < -0.39 is 0 Å². The summed E-state index contributed by atoms with van der Waals surface area (Å²) in [5, 5.41) is 18.0. The largest absolute Gasteiger partial charge is 0.374 e. The van der Waals surface area contributed by atoms with Crippen molar-refractivity contribution in [1.29, 1.82) is 10.5 Å². The van der Waals surface area contributed by atoms with E-state index >= 15 is 0 Å². The first kappa shape index (κ1) is 16.3. The molecular weight excluding hydrogens is 222 g/mol. The lowest BCUT2D eigenvalue weighted by atomic mass is 10.0. The van der Waals surface area contributed by atoms with Gasteiger partial charge in [0.25, 0.3) is 0 Å². The number of allylic oxidation sites excluding steroid dienone is 4. The molecule has 1 heterocycles. The van der Waals surface area contributed by atoms with Gasteiger partial charge in [0.1, 0.15) is 6.07 Å². The number of rotatable bonds is 2. The molecule has 1 rings (SSSR count). The van der Waals surface area contributed by atoms with Crippen LogP contribution in [0.5, 0.6) is 0 Å². The first-order valence-corrected chi connectivity index (χ1v) is 6.55. The highest BCUT2D eigenvalue weighted by atomic mass is 15.1. The maximum atomic E-state index is 9.19. The summed E-state index contributed by atoms with van der Waals surface area (Å²) >= 11 is 0. The summed E-state index contributed by atoms with van der Waals surface area (Å²) in [6.07, 6.45) is 2.38. The van der Waals surface area contributed by atoms with Crippen molar-refractivity contribution in [3.63, 3.8) is 0 Å². The Morgan fingerprint density at radius 1 is 0.944 bits per heavy atom. The van der Waals surface area contributed by atoms with Crippen LogP contribution in [0, 0.1) is 22.7 Å². The van der Waals surface area contributed by atoms with E-state index in [9.17, 15) is 5.26 Å². The Balaban J connectivity index is 0.00000137. The van der Waals surface area contributed by atoms with E-state index in [-0.39, 0.29) is 0 Å². The number of nitriles is 2. The van der Waals surface area contributed by atoms with E-state index in [0.29, 0.717) is 11.1 Å². The molecule has 0 amide bonds. The average Bonchev–Trinajstić information content (AvgIpc) is 2.94. The van der Waals surface area contributed by atoms with Crippen molar-refractivity contribution < 1.29 is 0 Å². The molecule has 1 fully saturated rings. The third kappa shape index (κ3) is 3.93. The van der Waals surface area contributed by atoms with Crippen molar-refractivity contribution in [1.82, 2.24) is 4.90 Å². The summed E-state index contributed by atoms with van der Waals surface area (Å²) < 4.78 is 0. The van der Waals surface area contributed by atoms with Crippen LogP contribution >= 0.6 is 0 Å². The maximum absolute atomic E-state index is 9.19. The number of hydrogen-bond acceptors (Lipinski definition) is 3. The van der Waals surface area contributed by atoms with Crippen molar-refractivity contribution in [3.8, 4) is 12.1 Å². The van der Waals surface area contributed by atoms with Gasteiger partial charge < -0.3 is 4.90 Å². The van der Waals surface area contributed by atoms with Crippen LogP contribution in [0.3, 0.4) is 0 Å². The summed E-state index contributed by atoms with van der Waals surface area (Å²) in [6.45, 7) is 11.6. The first-order chi connectivity index (χ1) is 8.61. The Bertz CT molecular complexity index is 410. The van der Waals surface area contributed by atoms with Crippen LogP contribution in [0.15, 0.2) is 22.4 Å². The second-order valence-corrected chi connectivity index (χ2v) is 4.13. The van der Waals surface area contributed by atoms with Crippen molar-refractivity contribution >= 4 is 0 Å². The highest BCUT2D eigenvalue weighted by Crippen LogP contribution is 2.22. The monoisotopic (exact) mass is 245 g/mol. The molecule has 0 aromatic heterocycles. The fourth-order valence-corrected chi connectivity index (χ4v) is 1.92. The average molecular weight is 245 g/mol. The molecule has 0 spiro atoms. The highest BCUT2D eigenvalue weighted by molar-refractivity contribution is 5.48. The van der Waals surface area contributed by atoms with Gasteiger partial charge >= 0.3 is 0 Å². The fourth-order valence-electron chi connectivity index (χ4n) is 1.92. The fraction of sp³-hybridized carbons (Fsp3) is 0.600. The molecule has 0 aliphatic carbocycles. The van der Waals surface area contributed by atoms with Crippen LogP contribution in [0.1, 0.15) is 47.5 Å². The Labute approximate surface area is 111 Å². The minimum atomic E-state index is 0.620. The van der Waals surface area contributed by atoms with Crippen LogP contribution in [0.2, 0.25) is 0 Å². The summed E-state index contributed by atoms with van der Waals surface area (Å²) in [5.74, 6) is 0. The van der Waals surface area contributed by atoms with E-state index in [0.717, 1.165) is 24.4 Å². The lowest BCUT2D eigenvalue weighted by molar-refractivity contribution is 0.425. The Hall–Kier alpha value is -1.74. The predicted molar refractivity (Wildman–Crippen MR) is 74.5 cm³/mol. The van der Waals surface area contributed by atoms with Gasteiger partial charge in [-0.25, -0.2) is 0 Å². The third-order valence-corrected chi connectivity index (χ3v) is 3.16. The van der Waals surface area contributed by atoms with Crippen LogP contribution in [-0.4, -0.2) is 18.0 Å². The van der Waals surface area contributed by atoms with E-state index in [1.165, 1.54) is 12.8 Å². The zero-order valence-corrected chi connectivity index (χ0v) is 12.2. The van der Waals surface area contributed by atoms with E-state index in [1.807, 2.05) is 27.7 Å². The van der Waals surface area contributed by atoms with Gasteiger partial charge in [-0.3, -0.25) is 0 Å². The number of nitrogens with zero attached hydrogens (tertiary/aromatic N) is 3. The summed E-state index contributed by atoms with van der Waals surface area (Å²) in [6, 6.07) is 4.32. The zero-order valence-electron chi connectivity index (χ0n) is 12.2. The van der Waals surface area contributed by atoms with Gasteiger partial charge in [-0.15, -0.1) is 0 Å². The van der Waals surface area contributed by atoms with Crippen LogP contribution < -0.4 is 0 Å². The SMILES string of the molecule is C/C(=C(C#N)\C(C)=C(/C)C#N)N1CCCC1.CC. The quantitative estimate of drug-likeness (QED) is 0.549. The van der Waals surface area contributed by atoms with Gasteiger partial charge in [0.05, 0.1) is 11.6 Å². The van der Waals surface area contributed by atoms with Gasteiger partial charge in [-0.05, 0) is 39.2 Å². The molecule has 98 valence electrons. The van der Waals surface area contributed by atoms with Crippen molar-refractivity contribution in [2.45, 2.75) is 47.5 Å². The van der Waals surface area contributed by atoms with Gasteiger partial charge in [-0.2, -0.15) is 10.5 Å². The minimum absolute atomic E-state index is 0.620. The molecule has 0 unspecified atom stereocenters. The lowest BCUT2D eigenvalue weighted by Crippen LogP contribution is -2.18. The molecule has 1 saturated heterocycles. The molecule has 0 saturated carbocycles. The Morgan fingerprint density at radius 2 is 1.44 bits per heavy atom. The molecule has 0 aromatic rings. The lowest BCUT2D eigenvalue weighted by Gasteiger charge is -2.20. The molecule has 0 bridgehead atoms. The number of likely N-dealkylation sites (tertiary alicyclic amines) is 1. The second kappa shape index (κ2) is 8.37. The summed E-state index contributed by atoms with van der Waals surface area (Å²) in [4.78, 5) is 2.23. The normalized spacial score (nSPS) is 16.7. The van der Waals surface area contributed by atoms with Crippen molar-refractivity contribution in [3.05, 3.63) is 22.4 Å². The Morgan fingerprint density at radius 3 is 1.83 bits per heavy atom. The topological polar surface area (TPSA) is 50.8 Å². The molecule has 3 heteroatoms. The molecule has 3 nitrogen and oxygen atoms in total. The van der Waals surface area contributed by atoms with Crippen LogP contribution in [0.4, 0.5) is 0 Å². The third-order valence-electron chi connectivity index (χ3n) is 3.16. The molecule has 0 atom stereocenters.